The number of pyridine rings is 1. The summed E-state index contributed by atoms with van der Waals surface area (Å²) in [7, 11) is 0. The summed E-state index contributed by atoms with van der Waals surface area (Å²) in [5.74, 6) is 6.43. The van der Waals surface area contributed by atoms with Gasteiger partial charge in [0, 0.05) is 30.7 Å². The minimum absolute atomic E-state index is 0.396. The van der Waals surface area contributed by atoms with E-state index >= 15 is 0 Å². The molecule has 2 aromatic heterocycles. The number of nitrogens with two attached hydrogens (primary N) is 1. The lowest BCUT2D eigenvalue weighted by Crippen LogP contribution is -2.12. The zero-order valence-electron chi connectivity index (χ0n) is 9.51. The summed E-state index contributed by atoms with van der Waals surface area (Å²) in [6.45, 7) is 2.62. The van der Waals surface area contributed by atoms with Crippen molar-refractivity contribution in [1.29, 1.82) is 0 Å². The van der Waals surface area contributed by atoms with Gasteiger partial charge in [-0.25, -0.2) is 10.8 Å². The van der Waals surface area contributed by atoms with E-state index in [1.165, 1.54) is 0 Å². The number of aromatic nitrogens is 3. The van der Waals surface area contributed by atoms with Gasteiger partial charge in [0.15, 0.2) is 0 Å². The van der Waals surface area contributed by atoms with E-state index in [0.29, 0.717) is 12.5 Å². The zero-order valence-corrected chi connectivity index (χ0v) is 9.51. The maximum atomic E-state index is 5.27. The number of nitrogens with zero attached hydrogens (tertiary/aromatic N) is 3. The first kappa shape index (κ1) is 11.3. The molecule has 6 heteroatoms. The largest absolute Gasteiger partial charge is 0.366 e. The fraction of sp³-hybridized carbons (Fsp3) is 0.182. The van der Waals surface area contributed by atoms with Gasteiger partial charge in [0.1, 0.15) is 5.82 Å². The Morgan fingerprint density at radius 2 is 2.06 bits per heavy atom. The van der Waals surface area contributed by atoms with Crippen molar-refractivity contribution >= 4 is 11.8 Å². The molecule has 17 heavy (non-hydrogen) atoms. The van der Waals surface area contributed by atoms with Crippen LogP contribution in [0.2, 0.25) is 0 Å². The van der Waals surface area contributed by atoms with Crippen molar-refractivity contribution in [2.75, 3.05) is 10.7 Å². The van der Waals surface area contributed by atoms with Gasteiger partial charge in [-0.1, -0.05) is 0 Å². The maximum Gasteiger partial charge on any atom is 0.239 e. The summed E-state index contributed by atoms with van der Waals surface area (Å²) < 4.78 is 0. The number of rotatable bonds is 4. The van der Waals surface area contributed by atoms with E-state index in [-0.39, 0.29) is 0 Å². The highest BCUT2D eigenvalue weighted by Gasteiger charge is 2.02. The van der Waals surface area contributed by atoms with Gasteiger partial charge in [-0.2, -0.15) is 4.98 Å². The quantitative estimate of drug-likeness (QED) is 0.538. The molecule has 0 radical (unpaired) electrons. The van der Waals surface area contributed by atoms with E-state index < -0.39 is 0 Å². The third kappa shape index (κ3) is 2.88. The summed E-state index contributed by atoms with van der Waals surface area (Å²) in [5, 5.41) is 3.23. The summed E-state index contributed by atoms with van der Waals surface area (Å²) in [5.41, 5.74) is 4.53. The van der Waals surface area contributed by atoms with Crippen molar-refractivity contribution in [2.24, 2.45) is 5.84 Å². The molecule has 2 rings (SSSR count). The Labute approximate surface area is 99.3 Å². The van der Waals surface area contributed by atoms with E-state index in [4.69, 9.17) is 5.84 Å². The molecule has 0 bridgehead atoms. The second kappa shape index (κ2) is 5.22. The lowest BCUT2D eigenvalue weighted by molar-refractivity contribution is 1.04. The molecule has 2 aromatic rings. The minimum atomic E-state index is 0.396. The second-order valence-electron chi connectivity index (χ2n) is 3.58. The summed E-state index contributed by atoms with van der Waals surface area (Å²) in [6.07, 6.45) is 5.24. The maximum absolute atomic E-state index is 5.27. The van der Waals surface area contributed by atoms with E-state index in [1.54, 1.807) is 18.6 Å². The highest BCUT2D eigenvalue weighted by atomic mass is 15.3. The number of hydrogen-bond acceptors (Lipinski definition) is 6. The Morgan fingerprint density at radius 1 is 1.29 bits per heavy atom. The molecular weight excluding hydrogens is 216 g/mol. The van der Waals surface area contributed by atoms with E-state index in [1.807, 2.05) is 19.1 Å². The van der Waals surface area contributed by atoms with Crippen LogP contribution in [0.5, 0.6) is 0 Å². The van der Waals surface area contributed by atoms with Crippen LogP contribution in [-0.2, 0) is 6.54 Å². The predicted molar refractivity (Wildman–Crippen MR) is 66.1 cm³/mol. The van der Waals surface area contributed by atoms with Crippen LogP contribution >= 0.6 is 0 Å². The first-order valence-electron chi connectivity index (χ1n) is 5.22. The van der Waals surface area contributed by atoms with Crippen LogP contribution in [0, 0.1) is 6.92 Å². The molecule has 0 atom stereocenters. The first-order chi connectivity index (χ1) is 8.29. The van der Waals surface area contributed by atoms with Crippen molar-refractivity contribution in [3.8, 4) is 0 Å². The van der Waals surface area contributed by atoms with Crippen molar-refractivity contribution in [3.63, 3.8) is 0 Å². The first-order valence-corrected chi connectivity index (χ1v) is 5.22. The molecule has 0 spiro atoms. The van der Waals surface area contributed by atoms with E-state index in [2.05, 4.69) is 25.7 Å². The number of nitrogen functional groups attached to an aromatic ring is 1. The van der Waals surface area contributed by atoms with Gasteiger partial charge in [0.2, 0.25) is 5.95 Å². The Bertz CT molecular complexity index is 485. The molecule has 0 fully saturated rings. The van der Waals surface area contributed by atoms with Crippen LogP contribution in [0.1, 0.15) is 11.1 Å². The topological polar surface area (TPSA) is 88.8 Å². The fourth-order valence-corrected chi connectivity index (χ4v) is 1.38. The Morgan fingerprint density at radius 3 is 2.76 bits per heavy atom. The number of aryl methyl sites for hydroxylation is 1. The molecule has 88 valence electrons. The molecule has 6 nitrogen and oxygen atoms in total. The predicted octanol–water partition coefficient (Wildman–Crippen LogP) is 1.08. The molecule has 0 aliphatic heterocycles. The lowest BCUT2D eigenvalue weighted by atomic mass is 10.2. The summed E-state index contributed by atoms with van der Waals surface area (Å²) in [6, 6.07) is 3.90. The van der Waals surface area contributed by atoms with E-state index in [9.17, 15) is 0 Å². The SMILES string of the molecule is Cc1cnc(NN)nc1NCc1ccncc1. The van der Waals surface area contributed by atoms with Crippen LogP contribution < -0.4 is 16.6 Å². The Hall–Kier alpha value is -2.21. The zero-order chi connectivity index (χ0) is 12.1. The second-order valence-corrected chi connectivity index (χ2v) is 3.58. The van der Waals surface area contributed by atoms with Crippen LogP contribution in [0.4, 0.5) is 11.8 Å². The van der Waals surface area contributed by atoms with Crippen molar-refractivity contribution in [3.05, 3.63) is 41.9 Å². The van der Waals surface area contributed by atoms with Crippen molar-refractivity contribution in [1.82, 2.24) is 15.0 Å². The highest BCUT2D eigenvalue weighted by molar-refractivity contribution is 5.46. The highest BCUT2D eigenvalue weighted by Crippen LogP contribution is 2.13. The number of hydrogen-bond donors (Lipinski definition) is 3. The van der Waals surface area contributed by atoms with E-state index in [0.717, 1.165) is 16.9 Å². The van der Waals surface area contributed by atoms with Gasteiger partial charge in [-0.15, -0.1) is 0 Å². The van der Waals surface area contributed by atoms with Crippen LogP contribution in [0.3, 0.4) is 0 Å². The summed E-state index contributed by atoms with van der Waals surface area (Å²) in [4.78, 5) is 12.2. The van der Waals surface area contributed by atoms with Crippen molar-refractivity contribution < 1.29 is 0 Å². The molecule has 0 saturated carbocycles. The molecule has 0 aliphatic rings. The van der Waals surface area contributed by atoms with Crippen LogP contribution in [0.15, 0.2) is 30.7 Å². The lowest BCUT2D eigenvalue weighted by Gasteiger charge is -2.09. The van der Waals surface area contributed by atoms with Crippen molar-refractivity contribution in [2.45, 2.75) is 13.5 Å². The fourth-order valence-electron chi connectivity index (χ4n) is 1.38. The molecule has 0 saturated heterocycles. The van der Waals surface area contributed by atoms with Crippen LogP contribution in [0.25, 0.3) is 0 Å². The van der Waals surface area contributed by atoms with Crippen LogP contribution in [-0.4, -0.2) is 15.0 Å². The molecule has 0 unspecified atom stereocenters. The minimum Gasteiger partial charge on any atom is -0.366 e. The average Bonchev–Trinajstić information content (AvgIpc) is 2.39. The monoisotopic (exact) mass is 230 g/mol. The number of nitrogens with one attached hydrogen (secondary N) is 2. The summed E-state index contributed by atoms with van der Waals surface area (Å²) >= 11 is 0. The van der Waals surface area contributed by atoms with Gasteiger partial charge in [0.05, 0.1) is 0 Å². The number of hydrazine groups is 1. The van der Waals surface area contributed by atoms with Gasteiger partial charge in [-0.3, -0.25) is 10.4 Å². The normalized spacial score (nSPS) is 10.0. The molecule has 2 heterocycles. The van der Waals surface area contributed by atoms with Gasteiger partial charge < -0.3 is 5.32 Å². The molecule has 0 amide bonds. The molecule has 0 aromatic carbocycles. The Balaban J connectivity index is 2.08. The molecule has 0 aliphatic carbocycles. The third-order valence-corrected chi connectivity index (χ3v) is 2.31. The third-order valence-electron chi connectivity index (χ3n) is 2.31. The molecular formula is C11H14N6. The number of anilines is 2. The van der Waals surface area contributed by atoms with Gasteiger partial charge in [-0.05, 0) is 24.6 Å². The molecule has 4 N–H and O–H groups in total. The van der Waals surface area contributed by atoms with Gasteiger partial charge in [0.25, 0.3) is 0 Å². The smallest absolute Gasteiger partial charge is 0.239 e. The Kier molecular flexibility index (Phi) is 3.46. The van der Waals surface area contributed by atoms with Gasteiger partial charge >= 0.3 is 0 Å². The average molecular weight is 230 g/mol. The standard InChI is InChI=1S/C11H14N6/c1-8-6-15-11(17-12)16-10(8)14-7-9-2-4-13-5-3-9/h2-6H,7,12H2,1H3,(H2,14,15,16,17).